The Morgan fingerprint density at radius 2 is 1.36 bits per heavy atom. The summed E-state index contributed by atoms with van der Waals surface area (Å²) >= 11 is 0. The Bertz CT molecular complexity index is 316. The molecule has 1 aliphatic rings. The van der Waals surface area contributed by atoms with E-state index in [0.717, 1.165) is 24.7 Å². The van der Waals surface area contributed by atoms with E-state index in [-0.39, 0.29) is 5.97 Å². The average Bonchev–Trinajstić information content (AvgIpc) is 3.35. The van der Waals surface area contributed by atoms with Crippen molar-refractivity contribution in [2.24, 2.45) is 11.8 Å². The molecule has 2 unspecified atom stereocenters. The summed E-state index contributed by atoms with van der Waals surface area (Å²) in [5.74, 6) is 2.03. The molecule has 0 aromatic carbocycles. The number of carbonyl (C=O) groups excluding carboxylic acids is 1. The Kier molecular flexibility index (Phi) is 14.1. The molecule has 1 aliphatic carbocycles. The van der Waals surface area contributed by atoms with Crippen LogP contribution in [0.2, 0.25) is 0 Å². The molecular weight excluding hydrogens is 312 g/mol. The molecule has 0 spiro atoms. The number of unbranched alkanes of at least 4 members (excludes halogenated alkanes) is 9. The van der Waals surface area contributed by atoms with Crippen molar-refractivity contribution in [3.8, 4) is 0 Å². The Balaban J connectivity index is 1.77. The standard InChI is InChI=1S/C22H42O3/c1-3-4-5-6-8-11-14-20-19-21(20)15-12-9-7-10-13-16-22(23)25-18-17-24-2/h20-21H,3-19H2,1-2H3. The molecular formula is C22H42O3. The maximum atomic E-state index is 11.4. The minimum Gasteiger partial charge on any atom is -0.463 e. The molecule has 0 aromatic heterocycles. The van der Waals surface area contributed by atoms with E-state index in [9.17, 15) is 4.79 Å². The summed E-state index contributed by atoms with van der Waals surface area (Å²) in [6.45, 7) is 3.16. The molecule has 1 saturated carbocycles. The van der Waals surface area contributed by atoms with Crippen molar-refractivity contribution in [1.29, 1.82) is 0 Å². The van der Waals surface area contributed by atoms with Gasteiger partial charge in [-0.25, -0.2) is 0 Å². The van der Waals surface area contributed by atoms with E-state index in [0.29, 0.717) is 19.6 Å². The first-order chi connectivity index (χ1) is 12.3. The maximum Gasteiger partial charge on any atom is 0.305 e. The lowest BCUT2D eigenvalue weighted by molar-refractivity contribution is -0.145. The second-order valence-electron chi connectivity index (χ2n) is 7.83. The lowest BCUT2D eigenvalue weighted by Crippen LogP contribution is -2.09. The quantitative estimate of drug-likeness (QED) is 0.214. The molecule has 0 aliphatic heterocycles. The summed E-state index contributed by atoms with van der Waals surface area (Å²) in [6, 6.07) is 0. The molecule has 3 nitrogen and oxygen atoms in total. The first-order valence-corrected chi connectivity index (χ1v) is 10.9. The maximum absolute atomic E-state index is 11.4. The number of rotatable bonds is 18. The Labute approximate surface area is 156 Å². The van der Waals surface area contributed by atoms with E-state index in [1.807, 2.05) is 0 Å². The van der Waals surface area contributed by atoms with Crippen LogP contribution >= 0.6 is 0 Å². The molecule has 0 aromatic rings. The second kappa shape index (κ2) is 15.7. The fourth-order valence-electron chi connectivity index (χ4n) is 3.72. The highest BCUT2D eigenvalue weighted by Crippen LogP contribution is 2.45. The first-order valence-electron chi connectivity index (χ1n) is 10.9. The normalized spacial score (nSPS) is 19.1. The largest absolute Gasteiger partial charge is 0.463 e. The lowest BCUT2D eigenvalue weighted by atomic mass is 10.0. The third-order valence-electron chi connectivity index (χ3n) is 5.50. The van der Waals surface area contributed by atoms with Gasteiger partial charge < -0.3 is 9.47 Å². The molecule has 25 heavy (non-hydrogen) atoms. The van der Waals surface area contributed by atoms with Gasteiger partial charge in [0.05, 0.1) is 6.61 Å². The zero-order chi connectivity index (χ0) is 18.2. The smallest absolute Gasteiger partial charge is 0.305 e. The van der Waals surface area contributed by atoms with Crippen LogP contribution in [0.15, 0.2) is 0 Å². The highest BCUT2D eigenvalue weighted by Gasteiger charge is 2.34. The molecule has 0 bridgehead atoms. The fraction of sp³-hybridized carbons (Fsp3) is 0.955. The number of carbonyl (C=O) groups is 1. The topological polar surface area (TPSA) is 35.5 Å². The predicted molar refractivity (Wildman–Crippen MR) is 105 cm³/mol. The van der Waals surface area contributed by atoms with E-state index in [1.165, 1.54) is 77.0 Å². The monoisotopic (exact) mass is 354 g/mol. The van der Waals surface area contributed by atoms with Crippen LogP contribution < -0.4 is 0 Å². The van der Waals surface area contributed by atoms with Crippen molar-refractivity contribution in [2.75, 3.05) is 20.3 Å². The first kappa shape index (κ1) is 22.5. The number of ether oxygens (including phenoxy) is 2. The Morgan fingerprint density at radius 1 is 0.800 bits per heavy atom. The van der Waals surface area contributed by atoms with E-state index >= 15 is 0 Å². The number of methoxy groups -OCH3 is 1. The van der Waals surface area contributed by atoms with Gasteiger partial charge in [-0.1, -0.05) is 84.0 Å². The van der Waals surface area contributed by atoms with Crippen LogP contribution in [0.1, 0.15) is 103 Å². The molecule has 0 N–H and O–H groups in total. The molecule has 0 heterocycles. The predicted octanol–water partition coefficient (Wildman–Crippen LogP) is 6.29. The summed E-state index contributed by atoms with van der Waals surface area (Å²) in [5.41, 5.74) is 0. The zero-order valence-electron chi connectivity index (χ0n) is 16.9. The van der Waals surface area contributed by atoms with Crippen LogP contribution in [0.5, 0.6) is 0 Å². The molecule has 0 radical (unpaired) electrons. The van der Waals surface area contributed by atoms with Gasteiger partial charge in [0.25, 0.3) is 0 Å². The average molecular weight is 355 g/mol. The Morgan fingerprint density at radius 3 is 1.96 bits per heavy atom. The summed E-state index contributed by atoms with van der Waals surface area (Å²) in [6.07, 6.45) is 19.7. The van der Waals surface area contributed by atoms with E-state index in [4.69, 9.17) is 9.47 Å². The van der Waals surface area contributed by atoms with E-state index in [2.05, 4.69) is 6.92 Å². The molecule has 3 heteroatoms. The van der Waals surface area contributed by atoms with Crippen molar-refractivity contribution in [3.05, 3.63) is 0 Å². The lowest BCUT2D eigenvalue weighted by Gasteiger charge is -2.04. The molecule has 0 saturated heterocycles. The third kappa shape index (κ3) is 13.3. The molecule has 1 fully saturated rings. The van der Waals surface area contributed by atoms with Crippen LogP contribution in [0.3, 0.4) is 0 Å². The minimum atomic E-state index is -0.0763. The van der Waals surface area contributed by atoms with Crippen LogP contribution in [0, 0.1) is 11.8 Å². The second-order valence-corrected chi connectivity index (χ2v) is 7.83. The number of esters is 1. The van der Waals surface area contributed by atoms with Crippen LogP contribution in [0.25, 0.3) is 0 Å². The van der Waals surface area contributed by atoms with E-state index in [1.54, 1.807) is 7.11 Å². The van der Waals surface area contributed by atoms with Crippen molar-refractivity contribution in [3.63, 3.8) is 0 Å². The Hall–Kier alpha value is -0.570. The summed E-state index contributed by atoms with van der Waals surface area (Å²) < 4.78 is 9.92. The minimum absolute atomic E-state index is 0.0763. The zero-order valence-corrected chi connectivity index (χ0v) is 16.9. The van der Waals surface area contributed by atoms with Gasteiger partial charge in [0, 0.05) is 13.5 Å². The molecule has 0 amide bonds. The van der Waals surface area contributed by atoms with Crippen LogP contribution in [-0.4, -0.2) is 26.3 Å². The summed E-state index contributed by atoms with van der Waals surface area (Å²) in [5, 5.41) is 0. The van der Waals surface area contributed by atoms with Crippen molar-refractivity contribution in [1.82, 2.24) is 0 Å². The molecule has 2 atom stereocenters. The van der Waals surface area contributed by atoms with Gasteiger partial charge >= 0.3 is 5.97 Å². The van der Waals surface area contributed by atoms with Gasteiger partial charge in [-0.2, -0.15) is 0 Å². The van der Waals surface area contributed by atoms with E-state index < -0.39 is 0 Å². The highest BCUT2D eigenvalue weighted by atomic mass is 16.6. The van der Waals surface area contributed by atoms with Crippen LogP contribution in [0.4, 0.5) is 0 Å². The molecule has 148 valence electrons. The number of hydrogen-bond donors (Lipinski definition) is 0. The summed E-state index contributed by atoms with van der Waals surface area (Å²) in [7, 11) is 1.62. The third-order valence-corrected chi connectivity index (χ3v) is 5.50. The van der Waals surface area contributed by atoms with Crippen molar-refractivity contribution in [2.45, 2.75) is 103 Å². The van der Waals surface area contributed by atoms with Gasteiger partial charge in [-0.05, 0) is 24.7 Å². The fourth-order valence-corrected chi connectivity index (χ4v) is 3.72. The van der Waals surface area contributed by atoms with Crippen LogP contribution in [-0.2, 0) is 14.3 Å². The van der Waals surface area contributed by atoms with Gasteiger partial charge in [0.15, 0.2) is 0 Å². The van der Waals surface area contributed by atoms with Crippen molar-refractivity contribution >= 4 is 5.97 Å². The number of hydrogen-bond acceptors (Lipinski definition) is 3. The van der Waals surface area contributed by atoms with Crippen molar-refractivity contribution < 1.29 is 14.3 Å². The molecule has 1 rings (SSSR count). The van der Waals surface area contributed by atoms with Gasteiger partial charge in [-0.3, -0.25) is 4.79 Å². The highest BCUT2D eigenvalue weighted by molar-refractivity contribution is 5.69. The van der Waals surface area contributed by atoms with Gasteiger partial charge in [-0.15, -0.1) is 0 Å². The van der Waals surface area contributed by atoms with Gasteiger partial charge in [0.1, 0.15) is 6.61 Å². The van der Waals surface area contributed by atoms with Gasteiger partial charge in [0.2, 0.25) is 0 Å². The summed E-state index contributed by atoms with van der Waals surface area (Å²) in [4.78, 5) is 11.4. The SMILES string of the molecule is CCCCCCCCC1CC1CCCCCCCC(=O)OCCOC.